The van der Waals surface area contributed by atoms with Gasteiger partial charge in [-0.1, -0.05) is 0 Å². The summed E-state index contributed by atoms with van der Waals surface area (Å²) in [6, 6.07) is 1.00. The standard InChI is InChI=1S/C13H19N3O4/c1-8-5-9(2)16(14-8)4-3-12(18)15-7-10(17)6-11(15)13(19)20/h5,10-11,17H,3-4,6-7H2,1-2H3,(H,19,20)/t10-,11-/m0/s1. The molecule has 0 saturated carbocycles. The van der Waals surface area contributed by atoms with Crippen molar-refractivity contribution >= 4 is 11.9 Å². The van der Waals surface area contributed by atoms with E-state index in [0.717, 1.165) is 11.4 Å². The third kappa shape index (κ3) is 2.98. The Labute approximate surface area is 116 Å². The fraction of sp³-hybridized carbons (Fsp3) is 0.615. The normalized spacial score (nSPS) is 22.2. The van der Waals surface area contributed by atoms with Crippen molar-refractivity contribution in [1.82, 2.24) is 14.7 Å². The number of hydrogen-bond donors (Lipinski definition) is 2. The fourth-order valence-electron chi connectivity index (χ4n) is 2.57. The lowest BCUT2D eigenvalue weighted by Crippen LogP contribution is -2.40. The molecule has 0 bridgehead atoms. The Morgan fingerprint density at radius 3 is 2.70 bits per heavy atom. The Hall–Kier alpha value is -1.89. The summed E-state index contributed by atoms with van der Waals surface area (Å²) in [6.07, 6.45) is -0.479. The highest BCUT2D eigenvalue weighted by molar-refractivity contribution is 5.84. The van der Waals surface area contributed by atoms with Gasteiger partial charge in [0.2, 0.25) is 5.91 Å². The van der Waals surface area contributed by atoms with Crippen LogP contribution < -0.4 is 0 Å². The van der Waals surface area contributed by atoms with Crippen LogP contribution in [0.25, 0.3) is 0 Å². The number of carboxylic acids is 1. The lowest BCUT2D eigenvalue weighted by atomic mass is 10.2. The van der Waals surface area contributed by atoms with E-state index in [4.69, 9.17) is 5.11 Å². The van der Waals surface area contributed by atoms with Crippen molar-refractivity contribution in [2.45, 2.75) is 45.4 Å². The maximum absolute atomic E-state index is 12.1. The molecule has 2 rings (SSSR count). The molecule has 1 amide bonds. The molecule has 1 aromatic heterocycles. The monoisotopic (exact) mass is 281 g/mol. The molecule has 7 nitrogen and oxygen atoms in total. The number of carboxylic acid groups (broad SMARTS) is 1. The van der Waals surface area contributed by atoms with Crippen LogP contribution in [-0.4, -0.2) is 55.5 Å². The van der Waals surface area contributed by atoms with Gasteiger partial charge in [-0.25, -0.2) is 4.79 Å². The molecule has 0 aromatic carbocycles. The van der Waals surface area contributed by atoms with E-state index in [-0.39, 0.29) is 25.3 Å². The van der Waals surface area contributed by atoms with E-state index in [9.17, 15) is 14.7 Å². The smallest absolute Gasteiger partial charge is 0.326 e. The van der Waals surface area contributed by atoms with E-state index >= 15 is 0 Å². The van der Waals surface area contributed by atoms with Crippen molar-refractivity contribution in [2.75, 3.05) is 6.54 Å². The molecule has 2 heterocycles. The molecule has 1 fully saturated rings. The highest BCUT2D eigenvalue weighted by atomic mass is 16.4. The number of rotatable bonds is 4. The number of aliphatic hydroxyl groups is 1. The SMILES string of the molecule is Cc1cc(C)n(CCC(=O)N2C[C@@H](O)C[C@H]2C(=O)O)n1. The van der Waals surface area contributed by atoms with Crippen molar-refractivity contribution in [3.05, 3.63) is 17.5 Å². The molecule has 20 heavy (non-hydrogen) atoms. The van der Waals surface area contributed by atoms with E-state index in [1.54, 1.807) is 4.68 Å². The lowest BCUT2D eigenvalue weighted by molar-refractivity contribution is -0.148. The predicted molar refractivity (Wildman–Crippen MR) is 70.1 cm³/mol. The summed E-state index contributed by atoms with van der Waals surface area (Å²) >= 11 is 0. The number of aryl methyl sites for hydroxylation is 3. The highest BCUT2D eigenvalue weighted by Gasteiger charge is 2.38. The van der Waals surface area contributed by atoms with E-state index < -0.39 is 18.1 Å². The van der Waals surface area contributed by atoms with Crippen LogP contribution in [0.15, 0.2) is 6.07 Å². The lowest BCUT2D eigenvalue weighted by Gasteiger charge is -2.21. The number of carbonyl (C=O) groups is 2. The van der Waals surface area contributed by atoms with Crippen molar-refractivity contribution in [1.29, 1.82) is 0 Å². The number of hydrogen-bond acceptors (Lipinski definition) is 4. The molecule has 1 saturated heterocycles. The number of β-amino-alcohol motifs (C(OH)–C–C–N with tert-alkyl or cyclic N) is 1. The molecule has 1 aliphatic rings. The minimum absolute atomic E-state index is 0.0902. The Morgan fingerprint density at radius 2 is 2.15 bits per heavy atom. The minimum Gasteiger partial charge on any atom is -0.480 e. The third-order valence-corrected chi connectivity index (χ3v) is 3.53. The van der Waals surface area contributed by atoms with Gasteiger partial charge in [-0.15, -0.1) is 0 Å². The zero-order valence-electron chi connectivity index (χ0n) is 11.6. The zero-order valence-corrected chi connectivity index (χ0v) is 11.6. The molecular formula is C13H19N3O4. The fourth-order valence-corrected chi connectivity index (χ4v) is 2.57. The van der Waals surface area contributed by atoms with Crippen molar-refractivity contribution < 1.29 is 19.8 Å². The van der Waals surface area contributed by atoms with Crippen molar-refractivity contribution in [3.8, 4) is 0 Å². The molecule has 7 heteroatoms. The Morgan fingerprint density at radius 1 is 1.45 bits per heavy atom. The second-order valence-electron chi connectivity index (χ2n) is 5.19. The van der Waals surface area contributed by atoms with Crippen LogP contribution in [0.5, 0.6) is 0 Å². The first-order chi connectivity index (χ1) is 9.38. The zero-order chi connectivity index (χ0) is 14.9. The van der Waals surface area contributed by atoms with E-state index in [1.807, 2.05) is 19.9 Å². The number of aliphatic carboxylic acids is 1. The van der Waals surface area contributed by atoms with Gasteiger partial charge in [-0.3, -0.25) is 9.48 Å². The van der Waals surface area contributed by atoms with Gasteiger partial charge < -0.3 is 15.1 Å². The third-order valence-electron chi connectivity index (χ3n) is 3.53. The average Bonchev–Trinajstić information content (AvgIpc) is 2.89. The molecule has 0 radical (unpaired) electrons. The highest BCUT2D eigenvalue weighted by Crippen LogP contribution is 2.19. The number of amides is 1. The van der Waals surface area contributed by atoms with Gasteiger partial charge >= 0.3 is 5.97 Å². The van der Waals surface area contributed by atoms with Gasteiger partial charge in [0, 0.05) is 31.6 Å². The van der Waals surface area contributed by atoms with Crippen molar-refractivity contribution in [3.63, 3.8) is 0 Å². The van der Waals surface area contributed by atoms with Gasteiger partial charge in [-0.2, -0.15) is 5.10 Å². The van der Waals surface area contributed by atoms with Gasteiger partial charge in [0.1, 0.15) is 6.04 Å². The topological polar surface area (TPSA) is 95.7 Å². The van der Waals surface area contributed by atoms with Crippen LogP contribution in [0.4, 0.5) is 0 Å². The number of likely N-dealkylation sites (tertiary alicyclic amines) is 1. The van der Waals surface area contributed by atoms with Gasteiger partial charge in [0.25, 0.3) is 0 Å². The predicted octanol–water partition coefficient (Wildman–Crippen LogP) is -0.0636. The molecule has 0 unspecified atom stereocenters. The van der Waals surface area contributed by atoms with Crippen LogP contribution in [0.1, 0.15) is 24.2 Å². The quantitative estimate of drug-likeness (QED) is 0.806. The maximum atomic E-state index is 12.1. The number of carbonyl (C=O) groups excluding carboxylic acids is 1. The first kappa shape index (κ1) is 14.5. The minimum atomic E-state index is -1.07. The van der Waals surface area contributed by atoms with Crippen molar-refractivity contribution in [2.24, 2.45) is 0 Å². The summed E-state index contributed by atoms with van der Waals surface area (Å²) in [5, 5.41) is 22.8. The number of nitrogens with zero attached hydrogens (tertiary/aromatic N) is 3. The largest absolute Gasteiger partial charge is 0.480 e. The van der Waals surface area contributed by atoms with Crippen LogP contribution >= 0.6 is 0 Å². The van der Waals surface area contributed by atoms with Crippen LogP contribution in [0.2, 0.25) is 0 Å². The van der Waals surface area contributed by atoms with E-state index in [0.29, 0.717) is 6.54 Å². The van der Waals surface area contributed by atoms with Crippen LogP contribution in [-0.2, 0) is 16.1 Å². The van der Waals surface area contributed by atoms with Gasteiger partial charge in [0.15, 0.2) is 0 Å². The maximum Gasteiger partial charge on any atom is 0.326 e. The van der Waals surface area contributed by atoms with Crippen LogP contribution in [0.3, 0.4) is 0 Å². The second-order valence-corrected chi connectivity index (χ2v) is 5.19. The van der Waals surface area contributed by atoms with E-state index in [2.05, 4.69) is 5.10 Å². The summed E-state index contributed by atoms with van der Waals surface area (Å²) in [5.41, 5.74) is 1.85. The summed E-state index contributed by atoms with van der Waals surface area (Å²) in [4.78, 5) is 24.4. The molecule has 2 atom stereocenters. The molecule has 0 aliphatic carbocycles. The summed E-state index contributed by atoms with van der Waals surface area (Å²) in [7, 11) is 0. The molecule has 1 aliphatic heterocycles. The van der Waals surface area contributed by atoms with Crippen LogP contribution in [0, 0.1) is 13.8 Å². The molecule has 2 N–H and O–H groups in total. The Balaban J connectivity index is 1.97. The Kier molecular flexibility index (Phi) is 4.08. The summed E-state index contributed by atoms with van der Waals surface area (Å²) < 4.78 is 1.73. The number of aliphatic hydroxyl groups excluding tert-OH is 1. The molecule has 110 valence electrons. The first-order valence-corrected chi connectivity index (χ1v) is 6.60. The second kappa shape index (κ2) is 5.62. The van der Waals surface area contributed by atoms with Gasteiger partial charge in [-0.05, 0) is 19.9 Å². The number of aromatic nitrogens is 2. The van der Waals surface area contributed by atoms with Gasteiger partial charge in [0.05, 0.1) is 11.8 Å². The molecular weight excluding hydrogens is 262 g/mol. The molecule has 0 spiro atoms. The average molecular weight is 281 g/mol. The summed E-state index contributed by atoms with van der Waals surface area (Å²) in [6.45, 7) is 4.29. The first-order valence-electron chi connectivity index (χ1n) is 6.60. The Bertz CT molecular complexity index is 526. The summed E-state index contributed by atoms with van der Waals surface area (Å²) in [5.74, 6) is -1.33. The van der Waals surface area contributed by atoms with E-state index in [1.165, 1.54) is 4.90 Å². The molecule has 1 aromatic rings.